The largest absolute Gasteiger partial charge is 0.355 e. The molecule has 34 heavy (non-hydrogen) atoms. The summed E-state index contributed by atoms with van der Waals surface area (Å²) in [4.78, 5) is 15.2. The number of rotatable bonds is 8. The van der Waals surface area contributed by atoms with Gasteiger partial charge in [-0.2, -0.15) is 0 Å². The van der Waals surface area contributed by atoms with Gasteiger partial charge in [-0.15, -0.1) is 0 Å². The van der Waals surface area contributed by atoms with Crippen LogP contribution in [0.15, 0.2) is 54.7 Å². The average Bonchev–Trinajstić information content (AvgIpc) is 3.69. The lowest BCUT2D eigenvalue weighted by atomic mass is 10.0. The molecule has 0 N–H and O–H groups in total. The van der Waals surface area contributed by atoms with Crippen molar-refractivity contribution in [2.45, 2.75) is 45.1 Å². The van der Waals surface area contributed by atoms with Gasteiger partial charge in [-0.1, -0.05) is 54.4 Å². The predicted molar refractivity (Wildman–Crippen MR) is 143 cm³/mol. The SMILES string of the molecule is CCCN(CC1CC1)C1CCN(c2cnc(-c3ccc(Cl)cc3)c(-c3ccc(Cl)cc3)n2)CC1. The van der Waals surface area contributed by atoms with Crippen LogP contribution in [0.3, 0.4) is 0 Å². The summed E-state index contributed by atoms with van der Waals surface area (Å²) < 4.78 is 0. The second kappa shape index (κ2) is 10.6. The van der Waals surface area contributed by atoms with Gasteiger partial charge in [0.1, 0.15) is 5.82 Å². The first kappa shape index (κ1) is 23.6. The molecule has 0 bridgehead atoms. The molecule has 0 atom stereocenters. The van der Waals surface area contributed by atoms with E-state index in [1.165, 1.54) is 45.2 Å². The van der Waals surface area contributed by atoms with Gasteiger partial charge in [-0.05, 0) is 68.8 Å². The second-order valence-corrected chi connectivity index (χ2v) is 10.5. The quantitative estimate of drug-likeness (QED) is 0.331. The van der Waals surface area contributed by atoms with Gasteiger partial charge in [0.05, 0.1) is 17.6 Å². The molecule has 1 aliphatic carbocycles. The molecule has 0 unspecified atom stereocenters. The number of halogens is 2. The molecule has 2 aliphatic rings. The van der Waals surface area contributed by atoms with E-state index in [2.05, 4.69) is 16.7 Å². The average molecular weight is 495 g/mol. The highest BCUT2D eigenvalue weighted by Crippen LogP contribution is 2.34. The number of aromatic nitrogens is 2. The summed E-state index contributed by atoms with van der Waals surface area (Å²) >= 11 is 12.3. The van der Waals surface area contributed by atoms with Crippen molar-refractivity contribution in [1.29, 1.82) is 0 Å². The molecule has 1 aromatic heterocycles. The first-order chi connectivity index (χ1) is 16.6. The molecule has 2 aromatic carbocycles. The Hall–Kier alpha value is -2.14. The van der Waals surface area contributed by atoms with Crippen LogP contribution < -0.4 is 4.90 Å². The van der Waals surface area contributed by atoms with Gasteiger partial charge in [-0.25, -0.2) is 4.98 Å². The summed E-state index contributed by atoms with van der Waals surface area (Å²) in [5, 5.41) is 1.42. The minimum atomic E-state index is 0.689. The highest BCUT2D eigenvalue weighted by molar-refractivity contribution is 6.31. The van der Waals surface area contributed by atoms with E-state index in [9.17, 15) is 0 Å². The number of anilines is 1. The predicted octanol–water partition coefficient (Wildman–Crippen LogP) is 7.21. The highest BCUT2D eigenvalue weighted by atomic mass is 35.5. The van der Waals surface area contributed by atoms with Crippen molar-refractivity contribution in [3.8, 4) is 22.5 Å². The minimum absolute atomic E-state index is 0.689. The van der Waals surface area contributed by atoms with Crippen LogP contribution in [0.4, 0.5) is 5.82 Å². The Labute approximate surface area is 212 Å². The van der Waals surface area contributed by atoms with E-state index in [4.69, 9.17) is 33.2 Å². The van der Waals surface area contributed by atoms with Gasteiger partial charge < -0.3 is 4.90 Å². The molecule has 0 radical (unpaired) electrons. The molecule has 2 fully saturated rings. The fraction of sp³-hybridized carbons (Fsp3) is 0.429. The third-order valence-corrected chi connectivity index (χ3v) is 7.50. The zero-order chi connectivity index (χ0) is 23.5. The summed E-state index contributed by atoms with van der Waals surface area (Å²) in [5.74, 6) is 1.89. The molecule has 0 spiro atoms. The van der Waals surface area contributed by atoms with Crippen molar-refractivity contribution in [2.75, 3.05) is 31.1 Å². The molecular formula is C28H32Cl2N4. The number of piperidine rings is 1. The zero-order valence-corrected chi connectivity index (χ0v) is 21.3. The van der Waals surface area contributed by atoms with Gasteiger partial charge >= 0.3 is 0 Å². The third-order valence-electron chi connectivity index (χ3n) is 7.00. The summed E-state index contributed by atoms with van der Waals surface area (Å²) in [7, 11) is 0. The molecule has 1 saturated carbocycles. The standard InChI is InChI=1S/C28H32Cl2N4/c1-2-15-34(19-20-3-4-20)25-13-16-33(17-14-25)26-18-31-27(21-5-9-23(29)10-6-21)28(32-26)22-7-11-24(30)12-8-22/h5-12,18,20,25H,2-4,13-17,19H2,1H3. The molecule has 0 amide bonds. The van der Waals surface area contributed by atoms with Crippen LogP contribution in [0.1, 0.15) is 39.0 Å². The smallest absolute Gasteiger partial charge is 0.147 e. The molecule has 6 heteroatoms. The van der Waals surface area contributed by atoms with Gasteiger partial charge in [0, 0.05) is 46.8 Å². The van der Waals surface area contributed by atoms with Gasteiger partial charge in [-0.3, -0.25) is 9.88 Å². The highest BCUT2D eigenvalue weighted by Gasteiger charge is 2.30. The van der Waals surface area contributed by atoms with E-state index < -0.39 is 0 Å². The van der Waals surface area contributed by atoms with Crippen molar-refractivity contribution in [3.63, 3.8) is 0 Å². The molecule has 4 nitrogen and oxygen atoms in total. The first-order valence-electron chi connectivity index (χ1n) is 12.5. The Morgan fingerprint density at radius 2 is 1.44 bits per heavy atom. The van der Waals surface area contributed by atoms with Crippen LogP contribution in [0, 0.1) is 5.92 Å². The van der Waals surface area contributed by atoms with Crippen molar-refractivity contribution in [1.82, 2.24) is 14.9 Å². The Kier molecular flexibility index (Phi) is 7.38. The maximum Gasteiger partial charge on any atom is 0.147 e. The topological polar surface area (TPSA) is 32.3 Å². The van der Waals surface area contributed by atoms with Crippen LogP contribution in [0.5, 0.6) is 0 Å². The van der Waals surface area contributed by atoms with Crippen molar-refractivity contribution in [3.05, 3.63) is 64.8 Å². The van der Waals surface area contributed by atoms with Crippen LogP contribution in [0.25, 0.3) is 22.5 Å². The molecular weight excluding hydrogens is 463 g/mol. The normalized spacial score (nSPS) is 16.9. The lowest BCUT2D eigenvalue weighted by molar-refractivity contribution is 0.162. The van der Waals surface area contributed by atoms with Gasteiger partial charge in [0.25, 0.3) is 0 Å². The maximum absolute atomic E-state index is 6.16. The number of hydrogen-bond acceptors (Lipinski definition) is 4. The second-order valence-electron chi connectivity index (χ2n) is 9.60. The Bertz CT molecular complexity index is 1090. The van der Waals surface area contributed by atoms with Gasteiger partial charge in [0.2, 0.25) is 0 Å². The van der Waals surface area contributed by atoms with E-state index >= 15 is 0 Å². The summed E-state index contributed by atoms with van der Waals surface area (Å²) in [5.41, 5.74) is 3.75. The van der Waals surface area contributed by atoms with E-state index in [-0.39, 0.29) is 0 Å². The summed E-state index contributed by atoms with van der Waals surface area (Å²) in [6.07, 6.45) is 8.37. The third kappa shape index (κ3) is 5.56. The number of nitrogens with zero attached hydrogens (tertiary/aromatic N) is 4. The number of hydrogen-bond donors (Lipinski definition) is 0. The Morgan fingerprint density at radius 3 is 2.00 bits per heavy atom. The van der Waals surface area contributed by atoms with Crippen LogP contribution in [0.2, 0.25) is 10.0 Å². The van der Waals surface area contributed by atoms with E-state index in [0.717, 1.165) is 47.3 Å². The molecule has 1 saturated heterocycles. The van der Waals surface area contributed by atoms with Crippen LogP contribution in [-0.4, -0.2) is 47.1 Å². The van der Waals surface area contributed by atoms with Crippen molar-refractivity contribution >= 4 is 29.0 Å². The minimum Gasteiger partial charge on any atom is -0.355 e. The van der Waals surface area contributed by atoms with Crippen molar-refractivity contribution < 1.29 is 0 Å². The van der Waals surface area contributed by atoms with E-state index in [1.807, 2.05) is 54.7 Å². The lowest BCUT2D eigenvalue weighted by Gasteiger charge is -2.39. The van der Waals surface area contributed by atoms with Crippen LogP contribution >= 0.6 is 23.2 Å². The zero-order valence-electron chi connectivity index (χ0n) is 19.8. The monoisotopic (exact) mass is 494 g/mol. The van der Waals surface area contributed by atoms with E-state index in [0.29, 0.717) is 16.1 Å². The fourth-order valence-corrected chi connectivity index (χ4v) is 5.21. The van der Waals surface area contributed by atoms with Crippen LogP contribution in [-0.2, 0) is 0 Å². The molecule has 178 valence electrons. The summed E-state index contributed by atoms with van der Waals surface area (Å²) in [6, 6.07) is 16.3. The Balaban J connectivity index is 1.38. The molecule has 5 rings (SSSR count). The molecule has 3 aromatic rings. The van der Waals surface area contributed by atoms with E-state index in [1.54, 1.807) is 0 Å². The Morgan fingerprint density at radius 1 is 0.853 bits per heavy atom. The van der Waals surface area contributed by atoms with Gasteiger partial charge in [0.15, 0.2) is 0 Å². The fourth-order valence-electron chi connectivity index (χ4n) is 4.96. The molecule has 1 aliphatic heterocycles. The lowest BCUT2D eigenvalue weighted by Crippen LogP contribution is -2.46. The van der Waals surface area contributed by atoms with Crippen molar-refractivity contribution in [2.24, 2.45) is 5.92 Å². The maximum atomic E-state index is 6.16. The molecule has 2 heterocycles. The number of benzene rings is 2. The summed E-state index contributed by atoms with van der Waals surface area (Å²) in [6.45, 7) is 6.84. The first-order valence-corrected chi connectivity index (χ1v) is 13.2.